The Labute approximate surface area is 125 Å². The fraction of sp³-hybridized carbons (Fsp3) is 0.188. The molecule has 1 aliphatic carbocycles. The molecule has 1 radical (unpaired) electrons. The second kappa shape index (κ2) is 5.78. The predicted molar refractivity (Wildman–Crippen MR) is 86.6 cm³/mol. The van der Waals surface area contributed by atoms with Gasteiger partial charge in [0.25, 0.3) is 6.60 Å². The van der Waals surface area contributed by atoms with Crippen LogP contribution in [0.4, 0.5) is 4.79 Å². The standard InChI is InChI=1S/C16H16B2NO2/c1-18(17-19)16(20)21-10-15-13-8-4-2-6-11(13)12-7-3-5-9-14(12)15/h2-9,15H,10,19H2,1H3. The van der Waals surface area contributed by atoms with Crippen LogP contribution < -0.4 is 5.64 Å². The summed E-state index contributed by atoms with van der Waals surface area (Å²) in [5.41, 5.74) is 10.3. The van der Waals surface area contributed by atoms with Crippen molar-refractivity contribution in [2.24, 2.45) is 5.64 Å². The van der Waals surface area contributed by atoms with Gasteiger partial charge in [0.1, 0.15) is 6.61 Å². The molecule has 0 amide bonds. The van der Waals surface area contributed by atoms with Crippen molar-refractivity contribution < 1.29 is 9.53 Å². The number of hydrogen-bond donors (Lipinski definition) is 1. The van der Waals surface area contributed by atoms with Crippen molar-refractivity contribution >= 4 is 19.8 Å². The molecule has 1 aliphatic rings. The first-order valence-corrected chi connectivity index (χ1v) is 7.12. The van der Waals surface area contributed by atoms with Crippen molar-refractivity contribution in [1.29, 1.82) is 0 Å². The zero-order valence-corrected chi connectivity index (χ0v) is 12.0. The predicted octanol–water partition coefficient (Wildman–Crippen LogP) is 2.72. The van der Waals surface area contributed by atoms with E-state index in [0.717, 1.165) is 0 Å². The number of rotatable bonds is 4. The average Bonchev–Trinajstić information content (AvgIpc) is 2.86. The molecule has 0 saturated heterocycles. The largest absolute Gasteiger partial charge is 0.473 e. The number of carbonyl (C=O) groups is 1. The second-order valence-corrected chi connectivity index (χ2v) is 5.34. The van der Waals surface area contributed by atoms with Gasteiger partial charge in [0.15, 0.2) is 7.31 Å². The summed E-state index contributed by atoms with van der Waals surface area (Å²) in [6.07, 6.45) is 0. The lowest BCUT2D eigenvalue weighted by Gasteiger charge is -2.15. The molecule has 0 heterocycles. The molecule has 103 valence electrons. The molecule has 0 spiro atoms. The third-order valence-electron chi connectivity index (χ3n) is 4.02. The average molecular weight is 276 g/mol. The number of carbonyl (C=O) groups excluding carboxylic acids is 1. The normalized spacial score (nSPS) is 12.5. The summed E-state index contributed by atoms with van der Waals surface area (Å²) in [4.78, 5) is 11.8. The molecule has 0 saturated carbocycles. The van der Waals surface area contributed by atoms with Crippen LogP contribution in [0.15, 0.2) is 48.5 Å². The number of ether oxygens (including phenoxy) is 1. The molecule has 0 atom stereocenters. The Hall–Kier alpha value is -2.00. The first kappa shape index (κ1) is 14.0. The van der Waals surface area contributed by atoms with Crippen molar-refractivity contribution in [2.45, 2.75) is 12.7 Å². The molecular formula is C16H16B2NO2. The Morgan fingerprint density at radius 3 is 2.19 bits per heavy atom. The lowest BCUT2D eigenvalue weighted by atomic mass is 9.29. The van der Waals surface area contributed by atoms with Crippen molar-refractivity contribution in [3.05, 3.63) is 59.7 Å². The van der Waals surface area contributed by atoms with Gasteiger partial charge in [-0.3, -0.25) is 4.79 Å². The van der Waals surface area contributed by atoms with E-state index in [1.54, 1.807) is 6.82 Å². The van der Waals surface area contributed by atoms with Gasteiger partial charge in [0.2, 0.25) is 5.87 Å². The Morgan fingerprint density at radius 1 is 1.14 bits per heavy atom. The van der Waals surface area contributed by atoms with Crippen molar-refractivity contribution in [1.82, 2.24) is 0 Å². The molecule has 2 aromatic rings. The second-order valence-electron chi connectivity index (χ2n) is 5.34. The molecule has 3 rings (SSSR count). The third kappa shape index (κ3) is 2.49. The maximum atomic E-state index is 11.8. The minimum Gasteiger partial charge on any atom is -0.473 e. The Morgan fingerprint density at radius 2 is 1.67 bits per heavy atom. The van der Waals surface area contributed by atoms with Crippen molar-refractivity contribution in [2.75, 3.05) is 6.61 Å². The molecule has 0 bridgehead atoms. The van der Waals surface area contributed by atoms with E-state index in [4.69, 9.17) is 10.4 Å². The number of hydrogen-bond acceptors (Lipinski definition) is 3. The summed E-state index contributed by atoms with van der Waals surface area (Å²) in [5, 5.41) is 0. The highest BCUT2D eigenvalue weighted by Crippen LogP contribution is 2.44. The summed E-state index contributed by atoms with van der Waals surface area (Å²) >= 11 is 0. The summed E-state index contributed by atoms with van der Waals surface area (Å²) in [5.74, 6) is -0.175. The molecule has 21 heavy (non-hydrogen) atoms. The maximum Gasteiger partial charge on any atom is 0.254 e. The van der Waals surface area contributed by atoms with Gasteiger partial charge in [0.05, 0.1) is 0 Å². The highest BCUT2D eigenvalue weighted by Gasteiger charge is 2.29. The van der Waals surface area contributed by atoms with Crippen LogP contribution in [0.25, 0.3) is 11.1 Å². The van der Waals surface area contributed by atoms with Crippen LogP contribution in [-0.4, -0.2) is 26.4 Å². The highest BCUT2D eigenvalue weighted by atomic mass is 16.5. The summed E-state index contributed by atoms with van der Waals surface area (Å²) in [7, 11) is 1.36. The molecular weight excluding hydrogens is 260 g/mol. The smallest absolute Gasteiger partial charge is 0.254 e. The lowest BCUT2D eigenvalue weighted by molar-refractivity contribution is 0.168. The number of fused-ring (bicyclic) bond motifs is 3. The SMILES string of the molecule is CB([B]N)C(=O)OCC1c2ccccc2-c2ccccc21. The molecule has 0 aliphatic heterocycles. The van der Waals surface area contributed by atoms with Crippen LogP contribution in [0, 0.1) is 0 Å². The Bertz CT molecular complexity index is 629. The van der Waals surface area contributed by atoms with E-state index in [1.807, 2.05) is 24.3 Å². The van der Waals surface area contributed by atoms with Crippen LogP contribution >= 0.6 is 0 Å². The van der Waals surface area contributed by atoms with Crippen LogP contribution in [0.2, 0.25) is 6.82 Å². The van der Waals surface area contributed by atoms with Gasteiger partial charge in [-0.25, -0.2) is 0 Å². The van der Waals surface area contributed by atoms with Crippen LogP contribution in [0.5, 0.6) is 0 Å². The zero-order valence-electron chi connectivity index (χ0n) is 12.0. The summed E-state index contributed by atoms with van der Waals surface area (Å²) in [6, 6.07) is 16.6. The van der Waals surface area contributed by atoms with Gasteiger partial charge in [-0.1, -0.05) is 55.4 Å². The molecule has 5 heteroatoms. The molecule has 2 N–H and O–H groups in total. The van der Waals surface area contributed by atoms with Gasteiger partial charge in [0, 0.05) is 5.92 Å². The topological polar surface area (TPSA) is 52.3 Å². The maximum absolute atomic E-state index is 11.8. The lowest BCUT2D eigenvalue weighted by Crippen LogP contribution is -2.36. The van der Waals surface area contributed by atoms with Crippen LogP contribution in [-0.2, 0) is 4.74 Å². The highest BCUT2D eigenvalue weighted by molar-refractivity contribution is 7.25. The summed E-state index contributed by atoms with van der Waals surface area (Å²) < 4.78 is 5.44. The van der Waals surface area contributed by atoms with E-state index in [-0.39, 0.29) is 18.4 Å². The Kier molecular flexibility index (Phi) is 3.84. The van der Waals surface area contributed by atoms with Crippen LogP contribution in [0.1, 0.15) is 17.0 Å². The fourth-order valence-corrected chi connectivity index (χ4v) is 2.81. The molecule has 2 aromatic carbocycles. The first-order valence-electron chi connectivity index (χ1n) is 7.12. The van der Waals surface area contributed by atoms with E-state index in [0.29, 0.717) is 6.61 Å². The minimum atomic E-state index is -0.378. The quantitative estimate of drug-likeness (QED) is 0.873. The fourth-order valence-electron chi connectivity index (χ4n) is 2.81. The third-order valence-corrected chi connectivity index (χ3v) is 4.02. The summed E-state index contributed by atoms with van der Waals surface area (Å²) in [6.45, 7) is 1.71. The molecule has 0 aromatic heterocycles. The van der Waals surface area contributed by atoms with Gasteiger partial charge in [-0.05, 0) is 22.3 Å². The van der Waals surface area contributed by atoms with E-state index < -0.39 is 0 Å². The van der Waals surface area contributed by atoms with E-state index >= 15 is 0 Å². The molecule has 0 fully saturated rings. The van der Waals surface area contributed by atoms with Gasteiger partial charge in [-0.15, -0.1) is 0 Å². The van der Waals surface area contributed by atoms with Crippen molar-refractivity contribution in [3.63, 3.8) is 0 Å². The van der Waals surface area contributed by atoms with E-state index in [2.05, 4.69) is 24.3 Å². The number of benzene rings is 2. The first-order chi connectivity index (χ1) is 10.2. The molecule has 3 nitrogen and oxygen atoms in total. The van der Waals surface area contributed by atoms with Gasteiger partial charge in [-0.2, -0.15) is 0 Å². The minimum absolute atomic E-state index is 0.103. The van der Waals surface area contributed by atoms with E-state index in [1.165, 1.54) is 29.6 Å². The van der Waals surface area contributed by atoms with Crippen LogP contribution in [0.3, 0.4) is 0 Å². The van der Waals surface area contributed by atoms with E-state index in [9.17, 15) is 4.79 Å². The van der Waals surface area contributed by atoms with Gasteiger partial charge < -0.3 is 10.4 Å². The molecule has 0 unspecified atom stereocenters. The van der Waals surface area contributed by atoms with Crippen molar-refractivity contribution in [3.8, 4) is 11.1 Å². The monoisotopic (exact) mass is 276 g/mol. The van der Waals surface area contributed by atoms with Gasteiger partial charge >= 0.3 is 0 Å². The number of nitrogens with two attached hydrogens (primary N) is 1. The Balaban J connectivity index is 1.87. The zero-order chi connectivity index (χ0) is 14.8.